The third-order valence-corrected chi connectivity index (χ3v) is 4.12. The van der Waals surface area contributed by atoms with Crippen molar-refractivity contribution in [2.45, 2.75) is 20.4 Å². The molecule has 0 unspecified atom stereocenters. The minimum Gasteiger partial charge on any atom is -0.493 e. The molecule has 112 valence electrons. The zero-order valence-electron chi connectivity index (χ0n) is 12.5. The highest BCUT2D eigenvalue weighted by molar-refractivity contribution is 7.09. The fourth-order valence-corrected chi connectivity index (χ4v) is 2.92. The van der Waals surface area contributed by atoms with E-state index >= 15 is 0 Å². The second kappa shape index (κ2) is 7.96. The fourth-order valence-electron chi connectivity index (χ4n) is 2.17. The molecule has 2 rings (SSSR count). The van der Waals surface area contributed by atoms with Gasteiger partial charge >= 0.3 is 0 Å². The lowest BCUT2D eigenvalue weighted by atomic mass is 10.1. The van der Waals surface area contributed by atoms with Crippen LogP contribution in [0.2, 0.25) is 0 Å². The molecule has 0 fully saturated rings. The van der Waals surface area contributed by atoms with Crippen molar-refractivity contribution in [2.24, 2.45) is 0 Å². The van der Waals surface area contributed by atoms with E-state index in [4.69, 9.17) is 4.74 Å². The van der Waals surface area contributed by atoms with Crippen molar-refractivity contribution in [3.8, 4) is 5.75 Å². The van der Waals surface area contributed by atoms with Crippen LogP contribution in [-0.2, 0) is 6.54 Å². The first-order valence-electron chi connectivity index (χ1n) is 7.24. The van der Waals surface area contributed by atoms with Gasteiger partial charge in [0.2, 0.25) is 0 Å². The Morgan fingerprint density at radius 2 is 2.00 bits per heavy atom. The highest BCUT2D eigenvalue weighted by Gasteiger charge is 2.15. The fraction of sp³-hybridized carbons (Fsp3) is 0.353. The van der Waals surface area contributed by atoms with Crippen molar-refractivity contribution in [3.63, 3.8) is 0 Å². The van der Waals surface area contributed by atoms with Crippen molar-refractivity contribution < 1.29 is 9.53 Å². The van der Waals surface area contributed by atoms with Crippen molar-refractivity contribution in [1.82, 2.24) is 4.90 Å². The standard InChI is InChI=1S/C17H21NO2S/c1-3-18(12-14-8-7-11-21-14)13-16(19)15-9-5-6-10-17(15)20-4-2/h5-11H,3-4,12-13H2,1-2H3. The molecule has 1 aromatic heterocycles. The minimum atomic E-state index is 0.109. The van der Waals surface area contributed by atoms with Gasteiger partial charge in [-0.1, -0.05) is 25.1 Å². The Bertz CT molecular complexity index is 566. The maximum Gasteiger partial charge on any atom is 0.180 e. The predicted octanol–water partition coefficient (Wildman–Crippen LogP) is 3.85. The van der Waals surface area contributed by atoms with Crippen LogP contribution in [0.4, 0.5) is 0 Å². The molecule has 0 saturated carbocycles. The second-order valence-corrected chi connectivity index (χ2v) is 5.77. The van der Waals surface area contributed by atoms with Crippen molar-refractivity contribution in [3.05, 3.63) is 52.2 Å². The molecular formula is C17H21NO2S. The van der Waals surface area contributed by atoms with E-state index in [-0.39, 0.29) is 5.78 Å². The molecule has 0 radical (unpaired) electrons. The van der Waals surface area contributed by atoms with Gasteiger partial charge in [0.25, 0.3) is 0 Å². The summed E-state index contributed by atoms with van der Waals surface area (Å²) in [5.74, 6) is 0.787. The van der Waals surface area contributed by atoms with Crippen LogP contribution < -0.4 is 4.74 Å². The van der Waals surface area contributed by atoms with Gasteiger partial charge in [0.1, 0.15) is 5.75 Å². The molecule has 3 nitrogen and oxygen atoms in total. The average Bonchev–Trinajstić information content (AvgIpc) is 3.00. The molecule has 0 amide bonds. The van der Waals surface area contributed by atoms with E-state index < -0.39 is 0 Å². The van der Waals surface area contributed by atoms with E-state index in [1.54, 1.807) is 11.3 Å². The Labute approximate surface area is 130 Å². The van der Waals surface area contributed by atoms with Gasteiger partial charge in [-0.3, -0.25) is 9.69 Å². The summed E-state index contributed by atoms with van der Waals surface area (Å²) in [5, 5.41) is 2.06. The van der Waals surface area contributed by atoms with Crippen LogP contribution in [0.3, 0.4) is 0 Å². The van der Waals surface area contributed by atoms with Crippen molar-refractivity contribution in [1.29, 1.82) is 0 Å². The number of ketones is 1. The molecular weight excluding hydrogens is 282 g/mol. The van der Waals surface area contributed by atoms with E-state index in [0.717, 1.165) is 13.1 Å². The number of para-hydroxylation sites is 1. The van der Waals surface area contributed by atoms with E-state index in [1.165, 1.54) is 4.88 Å². The van der Waals surface area contributed by atoms with Gasteiger partial charge in [-0.25, -0.2) is 0 Å². The Balaban J connectivity index is 2.05. The average molecular weight is 303 g/mol. The molecule has 0 aliphatic heterocycles. The SMILES string of the molecule is CCOc1ccccc1C(=O)CN(CC)Cc1cccs1. The monoisotopic (exact) mass is 303 g/mol. The first-order chi connectivity index (χ1) is 10.2. The molecule has 1 heterocycles. The number of carbonyl (C=O) groups excluding carboxylic acids is 1. The Morgan fingerprint density at radius 1 is 1.19 bits per heavy atom. The zero-order valence-corrected chi connectivity index (χ0v) is 13.4. The quantitative estimate of drug-likeness (QED) is 0.694. The summed E-state index contributed by atoms with van der Waals surface area (Å²) >= 11 is 1.72. The summed E-state index contributed by atoms with van der Waals surface area (Å²) < 4.78 is 5.54. The van der Waals surface area contributed by atoms with Gasteiger partial charge in [0, 0.05) is 11.4 Å². The number of carbonyl (C=O) groups is 1. The number of nitrogens with zero attached hydrogens (tertiary/aromatic N) is 1. The van der Waals surface area contributed by atoms with Gasteiger partial charge in [0.15, 0.2) is 5.78 Å². The number of likely N-dealkylation sites (N-methyl/N-ethyl adjacent to an activating group) is 1. The van der Waals surface area contributed by atoms with Gasteiger partial charge in [-0.15, -0.1) is 11.3 Å². The van der Waals surface area contributed by atoms with Crippen LogP contribution >= 0.6 is 11.3 Å². The van der Waals surface area contributed by atoms with Crippen molar-refractivity contribution >= 4 is 17.1 Å². The van der Waals surface area contributed by atoms with E-state index in [0.29, 0.717) is 24.5 Å². The van der Waals surface area contributed by atoms with Crippen LogP contribution in [0.15, 0.2) is 41.8 Å². The third-order valence-electron chi connectivity index (χ3n) is 3.26. The van der Waals surface area contributed by atoms with Crippen LogP contribution in [0.25, 0.3) is 0 Å². The Hall–Kier alpha value is -1.65. The van der Waals surface area contributed by atoms with Crippen molar-refractivity contribution in [2.75, 3.05) is 19.7 Å². The lowest BCUT2D eigenvalue weighted by Crippen LogP contribution is -2.29. The smallest absolute Gasteiger partial charge is 0.180 e. The Morgan fingerprint density at radius 3 is 2.67 bits per heavy atom. The summed E-state index contributed by atoms with van der Waals surface area (Å²) in [6.45, 7) is 6.65. The molecule has 0 bridgehead atoms. The first-order valence-corrected chi connectivity index (χ1v) is 8.12. The minimum absolute atomic E-state index is 0.109. The maximum absolute atomic E-state index is 12.5. The summed E-state index contributed by atoms with van der Waals surface area (Å²) in [7, 11) is 0. The third kappa shape index (κ3) is 4.41. The number of benzene rings is 1. The summed E-state index contributed by atoms with van der Waals surface area (Å²) in [5.41, 5.74) is 0.670. The van der Waals surface area contributed by atoms with Gasteiger partial charge < -0.3 is 4.74 Å². The molecule has 0 atom stereocenters. The first kappa shape index (κ1) is 15.7. The lowest BCUT2D eigenvalue weighted by Gasteiger charge is -2.19. The highest BCUT2D eigenvalue weighted by Crippen LogP contribution is 2.19. The molecule has 2 aromatic rings. The second-order valence-electron chi connectivity index (χ2n) is 4.73. The molecule has 1 aromatic carbocycles. The molecule has 0 spiro atoms. The normalized spacial score (nSPS) is 10.8. The number of ether oxygens (including phenoxy) is 1. The summed E-state index contributed by atoms with van der Waals surface area (Å²) in [6, 6.07) is 11.6. The van der Waals surface area contributed by atoms with Gasteiger partial charge in [0.05, 0.1) is 18.7 Å². The number of Topliss-reactive ketones (excluding diaryl/α,β-unsaturated/α-hetero) is 1. The van der Waals surface area contributed by atoms with Gasteiger partial charge in [-0.05, 0) is 37.0 Å². The number of thiophene rings is 1. The summed E-state index contributed by atoms with van der Waals surface area (Å²) in [4.78, 5) is 15.9. The molecule has 0 N–H and O–H groups in total. The highest BCUT2D eigenvalue weighted by atomic mass is 32.1. The number of hydrogen-bond acceptors (Lipinski definition) is 4. The molecule has 4 heteroatoms. The van der Waals surface area contributed by atoms with Crippen LogP contribution in [-0.4, -0.2) is 30.4 Å². The topological polar surface area (TPSA) is 29.5 Å². The maximum atomic E-state index is 12.5. The van der Waals surface area contributed by atoms with E-state index in [2.05, 4.69) is 23.3 Å². The number of rotatable bonds is 8. The number of hydrogen-bond donors (Lipinski definition) is 0. The molecule has 0 aliphatic rings. The molecule has 0 saturated heterocycles. The lowest BCUT2D eigenvalue weighted by molar-refractivity contribution is 0.0926. The van der Waals surface area contributed by atoms with E-state index in [9.17, 15) is 4.79 Å². The van der Waals surface area contributed by atoms with E-state index in [1.807, 2.05) is 37.3 Å². The molecule has 0 aliphatic carbocycles. The zero-order chi connectivity index (χ0) is 15.1. The Kier molecular flexibility index (Phi) is 5.96. The predicted molar refractivity (Wildman–Crippen MR) is 87.2 cm³/mol. The largest absolute Gasteiger partial charge is 0.493 e. The summed E-state index contributed by atoms with van der Waals surface area (Å²) in [6.07, 6.45) is 0. The van der Waals surface area contributed by atoms with Gasteiger partial charge in [-0.2, -0.15) is 0 Å². The molecule has 21 heavy (non-hydrogen) atoms. The van der Waals surface area contributed by atoms with Crippen LogP contribution in [0.1, 0.15) is 29.1 Å². The van der Waals surface area contributed by atoms with Crippen LogP contribution in [0, 0.1) is 0 Å². The van der Waals surface area contributed by atoms with Crippen LogP contribution in [0.5, 0.6) is 5.75 Å².